The summed E-state index contributed by atoms with van der Waals surface area (Å²) in [6, 6.07) is 11.1. The van der Waals surface area contributed by atoms with Crippen LogP contribution in [0.4, 0.5) is 11.4 Å². The number of hydrogen-bond acceptors (Lipinski definition) is 4. The van der Waals surface area contributed by atoms with Crippen LogP contribution in [-0.2, 0) is 27.7 Å². The zero-order chi connectivity index (χ0) is 20.9. The van der Waals surface area contributed by atoms with Crippen LogP contribution in [0.2, 0.25) is 0 Å². The van der Waals surface area contributed by atoms with Gasteiger partial charge in [0.15, 0.2) is 0 Å². The number of nitrogens with one attached hydrogen (secondary N) is 2. The molecular formula is C21H29N3O3S. The maximum absolute atomic E-state index is 12.5. The van der Waals surface area contributed by atoms with Crippen molar-refractivity contribution in [3.05, 3.63) is 53.1 Å². The molecule has 2 aromatic carbocycles. The zero-order valence-corrected chi connectivity index (χ0v) is 18.0. The van der Waals surface area contributed by atoms with Gasteiger partial charge in [-0.05, 0) is 48.6 Å². The van der Waals surface area contributed by atoms with Crippen LogP contribution >= 0.6 is 0 Å². The number of hydrogen-bond donors (Lipinski definition) is 2. The van der Waals surface area contributed by atoms with Crippen LogP contribution in [-0.4, -0.2) is 39.3 Å². The smallest absolute Gasteiger partial charge is 0.243 e. The molecule has 0 spiro atoms. The highest BCUT2D eigenvalue weighted by atomic mass is 32.2. The first-order valence-corrected chi connectivity index (χ1v) is 10.8. The summed E-state index contributed by atoms with van der Waals surface area (Å²) in [6.45, 7) is 5.91. The third-order valence-electron chi connectivity index (χ3n) is 4.66. The fourth-order valence-corrected chi connectivity index (χ4v) is 4.10. The van der Waals surface area contributed by atoms with Gasteiger partial charge in [-0.25, -0.2) is 12.7 Å². The fraction of sp³-hybridized carbons (Fsp3) is 0.381. The summed E-state index contributed by atoms with van der Waals surface area (Å²) >= 11 is 0. The summed E-state index contributed by atoms with van der Waals surface area (Å²) in [7, 11) is -0.545. The molecule has 0 saturated heterocycles. The van der Waals surface area contributed by atoms with Crippen LogP contribution in [0.3, 0.4) is 0 Å². The average molecular weight is 404 g/mol. The molecule has 0 aliphatic carbocycles. The van der Waals surface area contributed by atoms with Gasteiger partial charge in [-0.2, -0.15) is 0 Å². The van der Waals surface area contributed by atoms with Crippen molar-refractivity contribution in [2.75, 3.05) is 31.3 Å². The minimum atomic E-state index is -3.54. The van der Waals surface area contributed by atoms with Gasteiger partial charge in [0, 0.05) is 25.5 Å². The van der Waals surface area contributed by atoms with E-state index in [-0.39, 0.29) is 17.3 Å². The summed E-state index contributed by atoms with van der Waals surface area (Å²) in [5.74, 6) is -0.173. The SMILES string of the molecule is CCc1cccc(CC)c1NC(=O)CNc1ccc(C)c(S(=O)(=O)N(C)C)c1. The predicted octanol–water partition coefficient (Wildman–Crippen LogP) is 3.42. The number of aryl methyl sites for hydroxylation is 3. The lowest BCUT2D eigenvalue weighted by Gasteiger charge is -2.16. The molecule has 2 rings (SSSR count). The molecule has 6 nitrogen and oxygen atoms in total. The Balaban J connectivity index is 2.15. The number of amides is 1. The number of carbonyl (C=O) groups is 1. The minimum Gasteiger partial charge on any atom is -0.376 e. The van der Waals surface area contributed by atoms with Crippen molar-refractivity contribution in [2.45, 2.75) is 38.5 Å². The van der Waals surface area contributed by atoms with Crippen LogP contribution in [0, 0.1) is 6.92 Å². The molecule has 0 aliphatic rings. The van der Waals surface area contributed by atoms with E-state index in [1.807, 2.05) is 18.2 Å². The molecule has 0 fully saturated rings. The molecule has 28 heavy (non-hydrogen) atoms. The largest absolute Gasteiger partial charge is 0.376 e. The first-order chi connectivity index (χ1) is 13.2. The van der Waals surface area contributed by atoms with Crippen LogP contribution in [0.1, 0.15) is 30.5 Å². The molecular weight excluding hydrogens is 374 g/mol. The number of sulfonamides is 1. The normalized spacial score (nSPS) is 11.5. The lowest BCUT2D eigenvalue weighted by molar-refractivity contribution is -0.114. The van der Waals surface area contributed by atoms with E-state index >= 15 is 0 Å². The van der Waals surface area contributed by atoms with Crippen molar-refractivity contribution in [3.8, 4) is 0 Å². The molecule has 7 heteroatoms. The van der Waals surface area contributed by atoms with Gasteiger partial charge in [0.05, 0.1) is 11.4 Å². The van der Waals surface area contributed by atoms with Gasteiger partial charge >= 0.3 is 0 Å². The van der Waals surface area contributed by atoms with Gasteiger partial charge in [-0.15, -0.1) is 0 Å². The van der Waals surface area contributed by atoms with Crippen molar-refractivity contribution in [3.63, 3.8) is 0 Å². The first kappa shape index (κ1) is 21.9. The Kier molecular flexibility index (Phi) is 7.21. The van der Waals surface area contributed by atoms with Crippen LogP contribution in [0.15, 0.2) is 41.3 Å². The van der Waals surface area contributed by atoms with Gasteiger partial charge in [-0.1, -0.05) is 38.1 Å². The third kappa shape index (κ3) is 4.91. The van der Waals surface area contributed by atoms with Crippen LogP contribution in [0.25, 0.3) is 0 Å². The highest BCUT2D eigenvalue weighted by Gasteiger charge is 2.20. The van der Waals surface area contributed by atoms with Gasteiger partial charge in [-0.3, -0.25) is 4.79 Å². The lowest BCUT2D eigenvalue weighted by atomic mass is 10.0. The summed E-state index contributed by atoms with van der Waals surface area (Å²) < 4.78 is 26.1. The molecule has 2 aromatic rings. The maximum atomic E-state index is 12.5. The summed E-state index contributed by atoms with van der Waals surface area (Å²) in [5, 5.41) is 6.02. The Morgan fingerprint density at radius 3 is 2.18 bits per heavy atom. The molecule has 0 atom stereocenters. The Morgan fingerprint density at radius 1 is 1.04 bits per heavy atom. The topological polar surface area (TPSA) is 78.5 Å². The van der Waals surface area contributed by atoms with Crippen molar-refractivity contribution >= 4 is 27.3 Å². The molecule has 0 saturated carbocycles. The first-order valence-electron chi connectivity index (χ1n) is 9.38. The van der Waals surface area contributed by atoms with E-state index in [1.54, 1.807) is 25.1 Å². The molecule has 0 bridgehead atoms. The van der Waals surface area contributed by atoms with Crippen LogP contribution < -0.4 is 10.6 Å². The van der Waals surface area contributed by atoms with E-state index in [9.17, 15) is 13.2 Å². The molecule has 152 valence electrons. The Morgan fingerprint density at radius 2 is 1.64 bits per heavy atom. The summed E-state index contributed by atoms with van der Waals surface area (Å²) in [5.41, 5.74) is 4.32. The van der Waals surface area contributed by atoms with E-state index in [2.05, 4.69) is 24.5 Å². The highest BCUT2D eigenvalue weighted by molar-refractivity contribution is 7.89. The van der Waals surface area contributed by atoms with Gasteiger partial charge in [0.1, 0.15) is 0 Å². The zero-order valence-electron chi connectivity index (χ0n) is 17.2. The second kappa shape index (κ2) is 9.21. The molecule has 1 amide bonds. The summed E-state index contributed by atoms with van der Waals surface area (Å²) in [4.78, 5) is 12.7. The lowest BCUT2D eigenvalue weighted by Crippen LogP contribution is -2.24. The molecule has 0 heterocycles. The third-order valence-corrected chi connectivity index (χ3v) is 6.62. The van der Waals surface area contributed by atoms with Crippen molar-refractivity contribution < 1.29 is 13.2 Å². The van der Waals surface area contributed by atoms with Gasteiger partial charge in [0.25, 0.3) is 0 Å². The fourth-order valence-electron chi connectivity index (χ4n) is 2.95. The molecule has 0 aliphatic heterocycles. The quantitative estimate of drug-likeness (QED) is 0.708. The summed E-state index contributed by atoms with van der Waals surface area (Å²) in [6.07, 6.45) is 1.67. The van der Waals surface area contributed by atoms with Crippen molar-refractivity contribution in [2.24, 2.45) is 0 Å². The van der Waals surface area contributed by atoms with E-state index in [4.69, 9.17) is 0 Å². The van der Waals surface area contributed by atoms with E-state index in [0.29, 0.717) is 11.3 Å². The monoisotopic (exact) mass is 403 g/mol. The molecule has 0 aromatic heterocycles. The predicted molar refractivity (Wildman–Crippen MR) is 114 cm³/mol. The minimum absolute atomic E-state index is 0.0473. The Hall–Kier alpha value is -2.38. The van der Waals surface area contributed by atoms with Crippen molar-refractivity contribution in [1.82, 2.24) is 4.31 Å². The molecule has 2 N–H and O–H groups in total. The number of carbonyl (C=O) groups excluding carboxylic acids is 1. The number of anilines is 2. The standard InChI is InChI=1S/C21H29N3O3S/c1-6-16-9-8-10-17(7-2)21(16)23-20(25)14-22-18-12-11-15(3)19(13-18)28(26,27)24(4)5/h8-13,22H,6-7,14H2,1-5H3,(H,23,25). The highest BCUT2D eigenvalue weighted by Crippen LogP contribution is 2.24. The Labute approximate surface area is 168 Å². The van der Waals surface area contributed by atoms with Crippen molar-refractivity contribution in [1.29, 1.82) is 0 Å². The maximum Gasteiger partial charge on any atom is 0.243 e. The van der Waals surface area contributed by atoms with E-state index in [0.717, 1.165) is 29.7 Å². The molecule has 0 unspecified atom stereocenters. The van der Waals surface area contributed by atoms with E-state index < -0.39 is 10.0 Å². The number of rotatable bonds is 8. The second-order valence-electron chi connectivity index (χ2n) is 6.83. The molecule has 0 radical (unpaired) electrons. The van der Waals surface area contributed by atoms with E-state index in [1.165, 1.54) is 18.4 Å². The Bertz CT molecular complexity index is 931. The second-order valence-corrected chi connectivity index (χ2v) is 8.95. The van der Waals surface area contributed by atoms with Crippen LogP contribution in [0.5, 0.6) is 0 Å². The van der Waals surface area contributed by atoms with Gasteiger partial charge < -0.3 is 10.6 Å². The number of benzene rings is 2. The van der Waals surface area contributed by atoms with Gasteiger partial charge in [0.2, 0.25) is 15.9 Å². The average Bonchev–Trinajstić information content (AvgIpc) is 2.67. The number of para-hydroxylation sites is 1. The number of nitrogens with zero attached hydrogens (tertiary/aromatic N) is 1.